The second kappa shape index (κ2) is 5.25. The minimum absolute atomic E-state index is 0.308. The van der Waals surface area contributed by atoms with Gasteiger partial charge in [-0.25, -0.2) is 4.39 Å². The van der Waals surface area contributed by atoms with Gasteiger partial charge >= 0.3 is 0 Å². The van der Waals surface area contributed by atoms with E-state index in [1.54, 1.807) is 18.5 Å². The van der Waals surface area contributed by atoms with E-state index in [1.807, 2.05) is 36.3 Å². The number of aromatic nitrogens is 2. The van der Waals surface area contributed by atoms with Gasteiger partial charge in [0.2, 0.25) is 0 Å². The number of hydrogen-bond acceptors (Lipinski definition) is 3. The van der Waals surface area contributed by atoms with Gasteiger partial charge in [-0.15, -0.1) is 0 Å². The van der Waals surface area contributed by atoms with E-state index in [-0.39, 0.29) is 5.82 Å². The standard InChI is InChI=1S/C16H14FN3/c1-20(16-6-8-19-10-15(16)17)11-13-4-2-3-12-9-18-7-5-14(12)13/h2-10H,11H2,1H3. The lowest BCUT2D eigenvalue weighted by Crippen LogP contribution is -2.18. The maximum Gasteiger partial charge on any atom is 0.164 e. The van der Waals surface area contributed by atoms with Crippen molar-refractivity contribution in [2.75, 3.05) is 11.9 Å². The number of nitrogens with zero attached hydrogens (tertiary/aromatic N) is 3. The maximum atomic E-state index is 13.7. The summed E-state index contributed by atoms with van der Waals surface area (Å²) >= 11 is 0. The van der Waals surface area contributed by atoms with E-state index in [4.69, 9.17) is 0 Å². The topological polar surface area (TPSA) is 29.0 Å². The highest BCUT2D eigenvalue weighted by Gasteiger charge is 2.09. The molecule has 0 spiro atoms. The number of halogens is 1. The number of hydrogen-bond donors (Lipinski definition) is 0. The Bertz CT molecular complexity index is 737. The van der Waals surface area contributed by atoms with Crippen molar-refractivity contribution in [3.05, 3.63) is 66.5 Å². The average Bonchev–Trinajstić information content (AvgIpc) is 2.48. The third-order valence-corrected chi connectivity index (χ3v) is 3.34. The summed E-state index contributed by atoms with van der Waals surface area (Å²) in [6.45, 7) is 0.627. The molecule has 0 aliphatic rings. The van der Waals surface area contributed by atoms with Gasteiger partial charge in [0, 0.05) is 37.6 Å². The summed E-state index contributed by atoms with van der Waals surface area (Å²) in [5.41, 5.74) is 1.69. The summed E-state index contributed by atoms with van der Waals surface area (Å²) in [6.07, 6.45) is 6.45. The Morgan fingerprint density at radius 2 is 1.85 bits per heavy atom. The Hall–Kier alpha value is -2.49. The lowest BCUT2D eigenvalue weighted by atomic mass is 10.1. The molecule has 0 bridgehead atoms. The zero-order valence-corrected chi connectivity index (χ0v) is 11.1. The van der Waals surface area contributed by atoms with E-state index in [0.717, 1.165) is 16.3 Å². The zero-order valence-electron chi connectivity index (χ0n) is 11.1. The molecule has 0 unspecified atom stereocenters. The van der Waals surface area contributed by atoms with Crippen LogP contribution in [0, 0.1) is 5.82 Å². The smallest absolute Gasteiger partial charge is 0.164 e. The van der Waals surface area contributed by atoms with Gasteiger partial charge in [-0.1, -0.05) is 18.2 Å². The highest BCUT2D eigenvalue weighted by molar-refractivity contribution is 5.85. The highest BCUT2D eigenvalue weighted by Crippen LogP contribution is 2.22. The van der Waals surface area contributed by atoms with Crippen LogP contribution < -0.4 is 4.90 Å². The third kappa shape index (κ3) is 2.32. The Morgan fingerprint density at radius 1 is 1.05 bits per heavy atom. The van der Waals surface area contributed by atoms with Crippen LogP contribution in [0.1, 0.15) is 5.56 Å². The Kier molecular flexibility index (Phi) is 3.29. The average molecular weight is 267 g/mol. The van der Waals surface area contributed by atoms with Crippen LogP contribution in [-0.2, 0) is 6.54 Å². The van der Waals surface area contributed by atoms with Crippen molar-refractivity contribution in [1.29, 1.82) is 0 Å². The van der Waals surface area contributed by atoms with Gasteiger partial charge in [0.25, 0.3) is 0 Å². The molecule has 2 aromatic heterocycles. The van der Waals surface area contributed by atoms with Gasteiger partial charge in [-0.2, -0.15) is 0 Å². The van der Waals surface area contributed by atoms with Crippen LogP contribution in [0.4, 0.5) is 10.1 Å². The number of fused-ring (bicyclic) bond motifs is 1. The summed E-state index contributed by atoms with van der Waals surface area (Å²) in [7, 11) is 1.87. The normalized spacial score (nSPS) is 10.7. The second-order valence-corrected chi connectivity index (χ2v) is 4.70. The van der Waals surface area contributed by atoms with Gasteiger partial charge < -0.3 is 4.90 Å². The molecule has 4 heteroatoms. The summed E-state index contributed by atoms with van der Waals surface area (Å²) in [4.78, 5) is 9.78. The van der Waals surface area contributed by atoms with Crippen molar-refractivity contribution in [3.8, 4) is 0 Å². The molecule has 0 amide bonds. The van der Waals surface area contributed by atoms with Crippen LogP contribution >= 0.6 is 0 Å². The van der Waals surface area contributed by atoms with Crippen LogP contribution in [-0.4, -0.2) is 17.0 Å². The molecule has 0 fully saturated rings. The number of pyridine rings is 2. The largest absolute Gasteiger partial charge is 0.368 e. The minimum atomic E-state index is -0.308. The molecule has 0 saturated carbocycles. The lowest BCUT2D eigenvalue weighted by Gasteiger charge is -2.20. The van der Waals surface area contributed by atoms with Gasteiger partial charge in [-0.05, 0) is 23.1 Å². The molecule has 0 atom stereocenters. The fourth-order valence-electron chi connectivity index (χ4n) is 2.35. The Balaban J connectivity index is 1.96. The van der Waals surface area contributed by atoms with Crippen LogP contribution in [0.15, 0.2) is 55.1 Å². The molecule has 3 rings (SSSR count). The Morgan fingerprint density at radius 3 is 2.70 bits per heavy atom. The molecule has 3 aromatic rings. The fraction of sp³-hybridized carbons (Fsp3) is 0.125. The molecule has 3 nitrogen and oxygen atoms in total. The van der Waals surface area contributed by atoms with Crippen LogP contribution in [0.2, 0.25) is 0 Å². The Labute approximate surface area is 116 Å². The maximum absolute atomic E-state index is 13.7. The second-order valence-electron chi connectivity index (χ2n) is 4.70. The van der Waals surface area contributed by atoms with E-state index in [0.29, 0.717) is 12.2 Å². The number of benzene rings is 1. The van der Waals surface area contributed by atoms with Gasteiger partial charge in [-0.3, -0.25) is 9.97 Å². The van der Waals surface area contributed by atoms with Crippen LogP contribution in [0.25, 0.3) is 10.8 Å². The summed E-state index contributed by atoms with van der Waals surface area (Å²) in [5.74, 6) is -0.308. The van der Waals surface area contributed by atoms with E-state index in [9.17, 15) is 4.39 Å². The zero-order chi connectivity index (χ0) is 13.9. The molecule has 0 aliphatic carbocycles. The van der Waals surface area contributed by atoms with Crippen LogP contribution in [0.5, 0.6) is 0 Å². The number of anilines is 1. The van der Waals surface area contributed by atoms with E-state index < -0.39 is 0 Å². The molecule has 0 radical (unpaired) electrons. The molecular weight excluding hydrogens is 253 g/mol. The van der Waals surface area contributed by atoms with Crippen molar-refractivity contribution >= 4 is 16.5 Å². The van der Waals surface area contributed by atoms with E-state index >= 15 is 0 Å². The predicted molar refractivity (Wildman–Crippen MR) is 78.0 cm³/mol. The SMILES string of the molecule is CN(Cc1cccc2cnccc12)c1ccncc1F. The first-order valence-electron chi connectivity index (χ1n) is 6.38. The van der Waals surface area contributed by atoms with Crippen molar-refractivity contribution < 1.29 is 4.39 Å². The monoisotopic (exact) mass is 267 g/mol. The lowest BCUT2D eigenvalue weighted by molar-refractivity contribution is 0.616. The first kappa shape index (κ1) is 12.5. The van der Waals surface area contributed by atoms with Crippen molar-refractivity contribution in [1.82, 2.24) is 9.97 Å². The third-order valence-electron chi connectivity index (χ3n) is 3.34. The summed E-state index contributed by atoms with van der Waals surface area (Å²) in [5, 5.41) is 2.23. The van der Waals surface area contributed by atoms with E-state index in [1.165, 1.54) is 6.20 Å². The van der Waals surface area contributed by atoms with Crippen LogP contribution in [0.3, 0.4) is 0 Å². The predicted octanol–water partition coefficient (Wildman–Crippen LogP) is 3.41. The quantitative estimate of drug-likeness (QED) is 0.728. The van der Waals surface area contributed by atoms with Crippen molar-refractivity contribution in [3.63, 3.8) is 0 Å². The number of rotatable bonds is 3. The molecule has 20 heavy (non-hydrogen) atoms. The van der Waals surface area contributed by atoms with Crippen molar-refractivity contribution in [2.24, 2.45) is 0 Å². The van der Waals surface area contributed by atoms with Gasteiger partial charge in [0.05, 0.1) is 11.9 Å². The molecule has 0 saturated heterocycles. The fourth-order valence-corrected chi connectivity index (χ4v) is 2.35. The molecular formula is C16H14FN3. The molecule has 2 heterocycles. The van der Waals surface area contributed by atoms with Gasteiger partial charge in [0.1, 0.15) is 0 Å². The minimum Gasteiger partial charge on any atom is -0.368 e. The summed E-state index contributed by atoms with van der Waals surface area (Å²) in [6, 6.07) is 9.75. The molecule has 0 N–H and O–H groups in total. The van der Waals surface area contributed by atoms with Gasteiger partial charge in [0.15, 0.2) is 5.82 Å². The molecule has 0 aliphatic heterocycles. The van der Waals surface area contributed by atoms with Crippen molar-refractivity contribution in [2.45, 2.75) is 6.54 Å². The summed E-state index contributed by atoms with van der Waals surface area (Å²) < 4.78 is 13.7. The molecule has 1 aromatic carbocycles. The van der Waals surface area contributed by atoms with E-state index in [2.05, 4.69) is 16.0 Å². The first-order valence-corrected chi connectivity index (χ1v) is 6.38. The molecule has 100 valence electrons. The highest BCUT2D eigenvalue weighted by atomic mass is 19.1. The first-order chi connectivity index (χ1) is 9.75.